The molecular formula is C25H27N5O3. The fourth-order valence-electron chi connectivity index (χ4n) is 4.71. The van der Waals surface area contributed by atoms with Gasteiger partial charge in [0.15, 0.2) is 5.75 Å². The second-order valence-electron chi connectivity index (χ2n) is 8.83. The molecule has 1 N–H and O–H groups in total. The molecule has 170 valence electrons. The van der Waals surface area contributed by atoms with E-state index in [0.29, 0.717) is 28.5 Å². The van der Waals surface area contributed by atoms with E-state index in [9.17, 15) is 9.59 Å². The molecule has 2 amide bonds. The van der Waals surface area contributed by atoms with E-state index in [1.54, 1.807) is 30.0 Å². The molecule has 0 spiro atoms. The van der Waals surface area contributed by atoms with Crippen LogP contribution in [-0.2, 0) is 0 Å². The summed E-state index contributed by atoms with van der Waals surface area (Å²) in [6.45, 7) is 7.59. The van der Waals surface area contributed by atoms with Gasteiger partial charge in [0.25, 0.3) is 11.8 Å². The molecule has 1 saturated heterocycles. The quantitative estimate of drug-likeness (QED) is 0.518. The lowest BCUT2D eigenvalue weighted by Crippen LogP contribution is -2.28. The number of hydrogen-bond acceptors (Lipinski definition) is 4. The lowest BCUT2D eigenvalue weighted by Gasteiger charge is -2.15. The Morgan fingerprint density at radius 1 is 1.15 bits per heavy atom. The summed E-state index contributed by atoms with van der Waals surface area (Å²) in [6.07, 6.45) is 8.24. The molecule has 1 atom stereocenters. The molecule has 0 bridgehead atoms. The second-order valence-corrected chi connectivity index (χ2v) is 8.83. The van der Waals surface area contributed by atoms with Crippen LogP contribution in [0.4, 0.5) is 0 Å². The van der Waals surface area contributed by atoms with Gasteiger partial charge >= 0.3 is 0 Å². The molecule has 4 aromatic rings. The fourth-order valence-corrected chi connectivity index (χ4v) is 4.71. The molecular weight excluding hydrogens is 418 g/mol. The Labute approximate surface area is 191 Å². The maximum absolute atomic E-state index is 13.1. The first-order valence-electron chi connectivity index (χ1n) is 11.1. The molecule has 33 heavy (non-hydrogen) atoms. The number of aromatic nitrogens is 3. The number of fused-ring (bicyclic) bond motifs is 2. The summed E-state index contributed by atoms with van der Waals surface area (Å²) >= 11 is 0. The van der Waals surface area contributed by atoms with Crippen molar-refractivity contribution in [2.75, 3.05) is 20.1 Å². The third kappa shape index (κ3) is 3.51. The van der Waals surface area contributed by atoms with E-state index in [0.717, 1.165) is 41.7 Å². The second kappa shape index (κ2) is 7.95. The van der Waals surface area contributed by atoms with Crippen LogP contribution in [0.5, 0.6) is 11.5 Å². The molecule has 5 rings (SSSR count). The number of hydrogen-bond donors (Lipinski definition) is 1. The maximum Gasteiger partial charge on any atom is 0.255 e. The molecule has 1 fully saturated rings. The minimum atomic E-state index is -0.118. The first-order valence-corrected chi connectivity index (χ1v) is 11.1. The topological polar surface area (TPSA) is 80.4 Å². The Hall–Kier alpha value is -3.81. The fraction of sp³-hybridized carbons (Fsp3) is 0.320. The van der Waals surface area contributed by atoms with Crippen LogP contribution in [0.3, 0.4) is 0 Å². The Bertz CT molecular complexity index is 1400. The van der Waals surface area contributed by atoms with Gasteiger partial charge in [0, 0.05) is 38.6 Å². The average Bonchev–Trinajstić information content (AvgIpc) is 3.47. The minimum Gasteiger partial charge on any atom is -0.453 e. The number of pyridine rings is 1. The van der Waals surface area contributed by atoms with Crippen LogP contribution in [0.15, 0.2) is 43.0 Å². The van der Waals surface area contributed by atoms with E-state index in [1.165, 1.54) is 0 Å². The number of rotatable bonds is 4. The standard InChI is InChI=1S/C25H27N5O3/c1-15-8-10-28(11-15)25(32)19-14-30-23(17(19)3)21(7-9-27-30)33-18-5-6-20-22(24(31)26-4)16(2)12-29(20)13-18/h5-7,9,12-15H,8,10-11H2,1-4H3,(H,26,31). The minimum absolute atomic E-state index is 0.0410. The van der Waals surface area contributed by atoms with Crippen molar-refractivity contribution < 1.29 is 14.3 Å². The number of carbonyl (C=O) groups excluding carboxylic acids is 2. The van der Waals surface area contributed by atoms with E-state index < -0.39 is 0 Å². The van der Waals surface area contributed by atoms with Gasteiger partial charge in [-0.05, 0) is 49.4 Å². The number of amides is 2. The van der Waals surface area contributed by atoms with Crippen LogP contribution >= 0.6 is 0 Å². The highest BCUT2D eigenvalue weighted by Crippen LogP contribution is 2.32. The zero-order chi connectivity index (χ0) is 23.3. The maximum atomic E-state index is 13.1. The van der Waals surface area contributed by atoms with Crippen LogP contribution in [0.2, 0.25) is 0 Å². The summed E-state index contributed by atoms with van der Waals surface area (Å²) < 4.78 is 9.84. The summed E-state index contributed by atoms with van der Waals surface area (Å²) in [6, 6.07) is 5.52. The molecule has 1 aliphatic rings. The normalized spacial score (nSPS) is 16.0. The van der Waals surface area contributed by atoms with Crippen molar-refractivity contribution in [3.8, 4) is 11.5 Å². The van der Waals surface area contributed by atoms with Gasteiger partial charge in [-0.15, -0.1) is 0 Å². The smallest absolute Gasteiger partial charge is 0.255 e. The van der Waals surface area contributed by atoms with Crippen molar-refractivity contribution in [2.45, 2.75) is 27.2 Å². The lowest BCUT2D eigenvalue weighted by molar-refractivity contribution is 0.0787. The van der Waals surface area contributed by atoms with Gasteiger partial charge in [-0.1, -0.05) is 6.92 Å². The molecule has 0 saturated carbocycles. The molecule has 8 nitrogen and oxygen atoms in total. The van der Waals surface area contributed by atoms with Crippen molar-refractivity contribution >= 4 is 22.8 Å². The summed E-state index contributed by atoms with van der Waals surface area (Å²) in [7, 11) is 1.63. The van der Waals surface area contributed by atoms with Gasteiger partial charge in [-0.2, -0.15) is 5.10 Å². The Kier molecular flexibility index (Phi) is 5.08. The summed E-state index contributed by atoms with van der Waals surface area (Å²) in [4.78, 5) is 27.3. The number of carbonyl (C=O) groups is 2. The van der Waals surface area contributed by atoms with Gasteiger partial charge in [0.1, 0.15) is 11.3 Å². The largest absolute Gasteiger partial charge is 0.453 e. The van der Waals surface area contributed by atoms with Crippen LogP contribution in [-0.4, -0.2) is 50.9 Å². The zero-order valence-corrected chi connectivity index (χ0v) is 19.3. The van der Waals surface area contributed by atoms with E-state index >= 15 is 0 Å². The average molecular weight is 446 g/mol. The van der Waals surface area contributed by atoms with E-state index in [4.69, 9.17) is 4.74 Å². The van der Waals surface area contributed by atoms with Crippen molar-refractivity contribution in [3.63, 3.8) is 0 Å². The van der Waals surface area contributed by atoms with Crippen molar-refractivity contribution in [3.05, 3.63) is 65.2 Å². The molecule has 8 heteroatoms. The van der Waals surface area contributed by atoms with Crippen LogP contribution in [0.1, 0.15) is 45.2 Å². The summed E-state index contributed by atoms with van der Waals surface area (Å²) in [5.41, 5.74) is 4.62. The number of aryl methyl sites for hydroxylation is 2. The number of nitrogens with zero attached hydrogens (tertiary/aromatic N) is 4. The SMILES string of the molecule is CNC(=O)c1c(C)cn2cc(Oc3ccnn4cc(C(=O)N5CCC(C)C5)c(C)c34)ccc12. The molecule has 0 aliphatic carbocycles. The zero-order valence-electron chi connectivity index (χ0n) is 19.3. The van der Waals surface area contributed by atoms with Gasteiger partial charge in [-0.3, -0.25) is 9.59 Å². The van der Waals surface area contributed by atoms with Gasteiger partial charge in [-0.25, -0.2) is 4.52 Å². The molecule has 1 unspecified atom stereocenters. The van der Waals surface area contributed by atoms with Crippen LogP contribution in [0, 0.1) is 19.8 Å². The highest BCUT2D eigenvalue weighted by atomic mass is 16.5. The first kappa shape index (κ1) is 21.1. The third-order valence-electron chi connectivity index (χ3n) is 6.45. The molecule has 5 heterocycles. The predicted molar refractivity (Wildman–Crippen MR) is 125 cm³/mol. The predicted octanol–water partition coefficient (Wildman–Crippen LogP) is 3.84. The van der Waals surface area contributed by atoms with E-state index in [-0.39, 0.29) is 11.8 Å². The first-order chi connectivity index (χ1) is 15.9. The highest BCUT2D eigenvalue weighted by Gasteiger charge is 2.27. The van der Waals surface area contributed by atoms with Gasteiger partial charge in [0.2, 0.25) is 0 Å². The van der Waals surface area contributed by atoms with Gasteiger partial charge in [0.05, 0.1) is 29.0 Å². The summed E-state index contributed by atoms with van der Waals surface area (Å²) in [5, 5.41) is 7.09. The van der Waals surface area contributed by atoms with Crippen molar-refractivity contribution in [1.82, 2.24) is 24.2 Å². The van der Waals surface area contributed by atoms with Gasteiger partial charge < -0.3 is 19.4 Å². The summed E-state index contributed by atoms with van der Waals surface area (Å²) in [5.74, 6) is 1.69. The molecule has 4 aromatic heterocycles. The Morgan fingerprint density at radius 2 is 1.97 bits per heavy atom. The van der Waals surface area contributed by atoms with Crippen molar-refractivity contribution in [2.24, 2.45) is 5.92 Å². The monoisotopic (exact) mass is 445 g/mol. The Balaban J connectivity index is 1.50. The molecule has 0 radical (unpaired) electrons. The molecule has 0 aromatic carbocycles. The number of nitrogens with one attached hydrogen (secondary N) is 1. The lowest BCUT2D eigenvalue weighted by atomic mass is 10.1. The van der Waals surface area contributed by atoms with Crippen LogP contribution in [0.25, 0.3) is 11.0 Å². The van der Waals surface area contributed by atoms with E-state index in [2.05, 4.69) is 17.3 Å². The third-order valence-corrected chi connectivity index (χ3v) is 6.45. The van der Waals surface area contributed by atoms with Crippen LogP contribution < -0.4 is 10.1 Å². The highest BCUT2D eigenvalue weighted by molar-refractivity contribution is 6.02. The van der Waals surface area contributed by atoms with Crippen molar-refractivity contribution in [1.29, 1.82) is 0 Å². The Morgan fingerprint density at radius 3 is 2.70 bits per heavy atom. The number of likely N-dealkylation sites (tertiary alicyclic amines) is 1. The van der Waals surface area contributed by atoms with E-state index in [1.807, 2.05) is 47.7 Å². The number of ether oxygens (including phenoxy) is 1. The molecule has 1 aliphatic heterocycles.